The van der Waals surface area contributed by atoms with Crippen LogP contribution >= 0.6 is 35.6 Å². The number of aromatic nitrogens is 1. The lowest BCUT2D eigenvalue weighted by atomic mass is 10.3. The first-order chi connectivity index (χ1) is 13.5. The number of guanidine groups is 1. The van der Waals surface area contributed by atoms with Crippen LogP contribution in [0.4, 0.5) is 10.2 Å². The Bertz CT molecular complexity index is 808. The Morgan fingerprint density at radius 2 is 2.14 bits per heavy atom. The number of hydrogen-bond acceptors (Lipinski definition) is 4. The molecule has 0 bridgehead atoms. The predicted octanol–water partition coefficient (Wildman–Crippen LogP) is 3.70. The van der Waals surface area contributed by atoms with Gasteiger partial charge in [0.05, 0.1) is 11.6 Å². The van der Waals surface area contributed by atoms with Gasteiger partial charge in [0.1, 0.15) is 23.5 Å². The summed E-state index contributed by atoms with van der Waals surface area (Å²) in [5.41, 5.74) is 0. The summed E-state index contributed by atoms with van der Waals surface area (Å²) < 4.78 is 18.7. The Morgan fingerprint density at radius 3 is 2.83 bits per heavy atom. The lowest BCUT2D eigenvalue weighted by Gasteiger charge is -2.21. The molecule has 1 aromatic heterocycles. The predicted molar refractivity (Wildman–Crippen MR) is 126 cm³/mol. The molecular weight excluding hydrogens is 508 g/mol. The second kappa shape index (κ2) is 11.4. The van der Waals surface area contributed by atoms with Gasteiger partial charge in [-0.1, -0.05) is 11.6 Å². The highest BCUT2D eigenvalue weighted by atomic mass is 127. The Balaban J connectivity index is 0.00000300. The molecule has 9 heteroatoms. The summed E-state index contributed by atoms with van der Waals surface area (Å²) in [6.45, 7) is 4.21. The second-order valence-corrected chi connectivity index (χ2v) is 7.13. The van der Waals surface area contributed by atoms with Crippen molar-refractivity contribution in [3.05, 3.63) is 53.4 Å². The first-order valence-electron chi connectivity index (χ1n) is 9.30. The highest BCUT2D eigenvalue weighted by Gasteiger charge is 2.25. The van der Waals surface area contributed by atoms with E-state index < -0.39 is 0 Å². The van der Waals surface area contributed by atoms with Crippen LogP contribution in [-0.2, 0) is 0 Å². The number of nitrogens with zero attached hydrogens (tertiary/aromatic N) is 3. The molecular formula is C20H26ClFIN5O. The van der Waals surface area contributed by atoms with E-state index in [4.69, 9.17) is 16.3 Å². The third-order valence-corrected chi connectivity index (χ3v) is 4.79. The average Bonchev–Trinajstić information content (AvgIpc) is 3.15. The number of anilines is 1. The van der Waals surface area contributed by atoms with E-state index in [9.17, 15) is 4.39 Å². The molecule has 1 aliphatic rings. The summed E-state index contributed by atoms with van der Waals surface area (Å²) in [4.78, 5) is 10.8. The molecule has 1 aromatic carbocycles. The first kappa shape index (κ1) is 23.5. The van der Waals surface area contributed by atoms with Crippen LogP contribution in [0.25, 0.3) is 0 Å². The van der Waals surface area contributed by atoms with Crippen LogP contribution in [0.5, 0.6) is 5.75 Å². The van der Waals surface area contributed by atoms with Gasteiger partial charge in [-0.2, -0.15) is 0 Å². The normalized spacial score (nSPS) is 17.4. The molecule has 3 rings (SSSR count). The van der Waals surface area contributed by atoms with Crippen molar-refractivity contribution in [2.45, 2.75) is 25.5 Å². The Hall–Kier alpha value is -1.81. The molecule has 2 unspecified atom stereocenters. The van der Waals surface area contributed by atoms with Gasteiger partial charge in [0.25, 0.3) is 0 Å². The van der Waals surface area contributed by atoms with Gasteiger partial charge in [-0.05, 0) is 49.7 Å². The molecule has 0 saturated carbocycles. The van der Waals surface area contributed by atoms with Crippen molar-refractivity contribution in [3.8, 4) is 5.75 Å². The highest BCUT2D eigenvalue weighted by molar-refractivity contribution is 14.0. The quantitative estimate of drug-likeness (QED) is 0.337. The third kappa shape index (κ3) is 6.88. The van der Waals surface area contributed by atoms with E-state index in [0.717, 1.165) is 25.3 Å². The summed E-state index contributed by atoms with van der Waals surface area (Å²) in [7, 11) is 1.74. The van der Waals surface area contributed by atoms with Crippen LogP contribution in [-0.4, -0.2) is 49.8 Å². The maximum absolute atomic E-state index is 13.0. The molecule has 158 valence electrons. The highest BCUT2D eigenvalue weighted by Crippen LogP contribution is 2.25. The van der Waals surface area contributed by atoms with Crippen LogP contribution in [0.3, 0.4) is 0 Å². The molecule has 2 atom stereocenters. The van der Waals surface area contributed by atoms with Crippen LogP contribution in [0.1, 0.15) is 13.3 Å². The molecule has 2 aromatic rings. The van der Waals surface area contributed by atoms with Crippen molar-refractivity contribution >= 4 is 47.4 Å². The molecule has 6 nitrogen and oxygen atoms in total. The molecule has 0 aliphatic carbocycles. The summed E-state index contributed by atoms with van der Waals surface area (Å²) in [5.74, 6) is 1.89. The smallest absolute Gasteiger partial charge is 0.191 e. The fourth-order valence-corrected chi connectivity index (χ4v) is 3.34. The molecule has 0 spiro atoms. The molecule has 0 radical (unpaired) electrons. The van der Waals surface area contributed by atoms with Crippen molar-refractivity contribution in [2.24, 2.45) is 4.99 Å². The molecule has 0 amide bonds. The minimum Gasteiger partial charge on any atom is -0.489 e. The van der Waals surface area contributed by atoms with Gasteiger partial charge in [0.15, 0.2) is 5.96 Å². The van der Waals surface area contributed by atoms with Crippen molar-refractivity contribution in [3.63, 3.8) is 0 Å². The summed E-state index contributed by atoms with van der Waals surface area (Å²) in [6.07, 6.45) is 2.62. The van der Waals surface area contributed by atoms with Crippen LogP contribution < -0.4 is 20.3 Å². The molecule has 1 aliphatic heterocycles. The summed E-state index contributed by atoms with van der Waals surface area (Å²) in [5, 5.41) is 7.37. The number of ether oxygens (including phenoxy) is 1. The van der Waals surface area contributed by atoms with Crippen molar-refractivity contribution in [1.29, 1.82) is 0 Å². The summed E-state index contributed by atoms with van der Waals surface area (Å²) in [6, 6.07) is 9.94. The van der Waals surface area contributed by atoms with Crippen LogP contribution in [0.2, 0.25) is 5.02 Å². The standard InChI is InChI=1S/C20H25ClFN5O.HI/c1-14(28-17-7-5-15(22)6-8-17)12-25-20(23-2)26-16-9-11-27(13-16)19-18(21)4-3-10-24-19;/h3-8,10,14,16H,9,11-13H2,1-2H3,(H2,23,25,26);1H. The van der Waals surface area contributed by atoms with Crippen molar-refractivity contribution in [2.75, 3.05) is 31.6 Å². The maximum Gasteiger partial charge on any atom is 0.191 e. The Kier molecular flexibility index (Phi) is 9.22. The molecule has 1 fully saturated rings. The van der Waals surface area contributed by atoms with Gasteiger partial charge in [0.2, 0.25) is 0 Å². The van der Waals surface area contributed by atoms with Crippen LogP contribution in [0.15, 0.2) is 47.6 Å². The van der Waals surface area contributed by atoms with E-state index in [2.05, 4.69) is 25.5 Å². The van der Waals surface area contributed by atoms with Gasteiger partial charge in [-0.15, -0.1) is 24.0 Å². The fourth-order valence-electron chi connectivity index (χ4n) is 3.10. The number of benzene rings is 1. The largest absolute Gasteiger partial charge is 0.489 e. The average molecular weight is 534 g/mol. The maximum atomic E-state index is 13.0. The minimum atomic E-state index is -0.277. The topological polar surface area (TPSA) is 61.8 Å². The zero-order chi connectivity index (χ0) is 19.9. The van der Waals surface area contributed by atoms with Crippen molar-refractivity contribution in [1.82, 2.24) is 15.6 Å². The molecule has 2 heterocycles. The lowest BCUT2D eigenvalue weighted by molar-refractivity contribution is 0.223. The second-order valence-electron chi connectivity index (χ2n) is 6.72. The van der Waals surface area contributed by atoms with Gasteiger partial charge in [-0.25, -0.2) is 9.37 Å². The van der Waals surface area contributed by atoms with Crippen molar-refractivity contribution < 1.29 is 9.13 Å². The van der Waals surface area contributed by atoms with Crippen LogP contribution in [0, 0.1) is 5.82 Å². The number of pyridine rings is 1. The fraction of sp³-hybridized carbons (Fsp3) is 0.400. The summed E-state index contributed by atoms with van der Waals surface area (Å²) >= 11 is 6.25. The number of hydrogen-bond donors (Lipinski definition) is 2. The third-order valence-electron chi connectivity index (χ3n) is 4.50. The molecule has 1 saturated heterocycles. The number of aliphatic imine (C=N–C) groups is 1. The number of rotatable bonds is 6. The Morgan fingerprint density at radius 1 is 1.38 bits per heavy atom. The van der Waals surface area contributed by atoms with Gasteiger partial charge in [0, 0.05) is 32.4 Å². The van der Waals surface area contributed by atoms with E-state index in [0.29, 0.717) is 23.3 Å². The zero-order valence-electron chi connectivity index (χ0n) is 16.4. The SMILES string of the molecule is CN=C(NCC(C)Oc1ccc(F)cc1)NC1CCN(c2ncccc2Cl)C1.I. The van der Waals surface area contributed by atoms with E-state index in [1.165, 1.54) is 12.1 Å². The van der Waals surface area contributed by atoms with E-state index in [-0.39, 0.29) is 41.9 Å². The minimum absolute atomic E-state index is 0. The zero-order valence-corrected chi connectivity index (χ0v) is 19.5. The van der Waals surface area contributed by atoms with Gasteiger partial charge in [-0.3, -0.25) is 4.99 Å². The van der Waals surface area contributed by atoms with E-state index in [1.807, 2.05) is 19.1 Å². The number of halogens is 3. The van der Waals surface area contributed by atoms with Gasteiger partial charge < -0.3 is 20.3 Å². The first-order valence-corrected chi connectivity index (χ1v) is 9.68. The van der Waals surface area contributed by atoms with Gasteiger partial charge >= 0.3 is 0 Å². The monoisotopic (exact) mass is 533 g/mol. The lowest BCUT2D eigenvalue weighted by Crippen LogP contribution is -2.47. The van der Waals surface area contributed by atoms with E-state index >= 15 is 0 Å². The molecule has 29 heavy (non-hydrogen) atoms. The molecule has 2 N–H and O–H groups in total. The van der Waals surface area contributed by atoms with E-state index in [1.54, 1.807) is 25.4 Å². The Labute approximate surface area is 192 Å². The number of nitrogens with one attached hydrogen (secondary N) is 2.